The van der Waals surface area contributed by atoms with E-state index < -0.39 is 11.7 Å². The molecule has 2 heterocycles. The summed E-state index contributed by atoms with van der Waals surface area (Å²) in [5.41, 5.74) is 3.13. The summed E-state index contributed by atoms with van der Waals surface area (Å²) in [5, 5.41) is 10.4. The molecule has 8 heteroatoms. The summed E-state index contributed by atoms with van der Waals surface area (Å²) in [6, 6.07) is 5.53. The van der Waals surface area contributed by atoms with Crippen LogP contribution in [0.3, 0.4) is 0 Å². The normalized spacial score (nSPS) is 17.3. The van der Waals surface area contributed by atoms with Gasteiger partial charge in [0.05, 0.1) is 11.3 Å². The standard InChI is InChI=1S/C21H27F3N4O/c1-14-19(15(2)27-26-14)9-11-28-18(6-7-20(28)29)8-10-25-13-16-4-3-5-17(12-16)21(22,23)24/h3-5,12,18,25H,6-11,13H2,1-2H3,(H,26,27). The highest BCUT2D eigenvalue weighted by atomic mass is 19.4. The minimum absolute atomic E-state index is 0.170. The number of aryl methyl sites for hydroxylation is 2. The predicted octanol–water partition coefficient (Wildman–Crippen LogP) is 3.76. The lowest BCUT2D eigenvalue weighted by Gasteiger charge is -2.25. The molecule has 1 aliphatic heterocycles. The number of halogens is 3. The first kappa shape index (κ1) is 21.4. The van der Waals surface area contributed by atoms with Crippen molar-refractivity contribution >= 4 is 5.91 Å². The number of benzene rings is 1. The van der Waals surface area contributed by atoms with Gasteiger partial charge in [-0.15, -0.1) is 0 Å². The van der Waals surface area contributed by atoms with Gasteiger partial charge in [-0.2, -0.15) is 18.3 Å². The monoisotopic (exact) mass is 408 g/mol. The molecule has 0 spiro atoms. The first-order chi connectivity index (χ1) is 13.8. The fourth-order valence-corrected chi connectivity index (χ4v) is 3.93. The molecule has 5 nitrogen and oxygen atoms in total. The van der Waals surface area contributed by atoms with Gasteiger partial charge in [0, 0.05) is 31.2 Å². The minimum Gasteiger partial charge on any atom is -0.339 e. The van der Waals surface area contributed by atoms with E-state index in [4.69, 9.17) is 0 Å². The van der Waals surface area contributed by atoms with Gasteiger partial charge in [0.2, 0.25) is 5.91 Å². The van der Waals surface area contributed by atoms with Crippen LogP contribution in [-0.4, -0.2) is 40.1 Å². The molecular formula is C21H27F3N4O. The molecule has 3 rings (SSSR count). The lowest BCUT2D eigenvalue weighted by atomic mass is 10.1. The maximum absolute atomic E-state index is 12.8. The molecule has 0 aliphatic carbocycles. The van der Waals surface area contributed by atoms with Crippen LogP contribution in [0.5, 0.6) is 0 Å². The number of aromatic nitrogens is 2. The summed E-state index contributed by atoms with van der Waals surface area (Å²) in [5.74, 6) is 0.173. The van der Waals surface area contributed by atoms with Crippen LogP contribution in [0, 0.1) is 13.8 Å². The van der Waals surface area contributed by atoms with E-state index in [0.29, 0.717) is 31.6 Å². The van der Waals surface area contributed by atoms with Crippen LogP contribution in [0.1, 0.15) is 47.3 Å². The molecule has 0 saturated carbocycles. The topological polar surface area (TPSA) is 61.0 Å². The zero-order valence-electron chi connectivity index (χ0n) is 16.8. The van der Waals surface area contributed by atoms with Crippen LogP contribution >= 0.6 is 0 Å². The highest BCUT2D eigenvalue weighted by Gasteiger charge is 2.31. The molecule has 1 amide bonds. The van der Waals surface area contributed by atoms with E-state index in [1.165, 1.54) is 12.1 Å². The second-order valence-corrected chi connectivity index (χ2v) is 7.61. The van der Waals surface area contributed by atoms with Crippen molar-refractivity contribution in [3.63, 3.8) is 0 Å². The van der Waals surface area contributed by atoms with Crippen molar-refractivity contribution in [1.82, 2.24) is 20.4 Å². The van der Waals surface area contributed by atoms with Crippen LogP contribution in [0.4, 0.5) is 13.2 Å². The zero-order valence-corrected chi connectivity index (χ0v) is 16.8. The molecule has 1 saturated heterocycles. The van der Waals surface area contributed by atoms with E-state index in [9.17, 15) is 18.0 Å². The highest BCUT2D eigenvalue weighted by molar-refractivity contribution is 5.78. The van der Waals surface area contributed by atoms with Crippen LogP contribution in [0.2, 0.25) is 0 Å². The summed E-state index contributed by atoms with van der Waals surface area (Å²) in [7, 11) is 0. The number of rotatable bonds is 8. The molecule has 1 aromatic carbocycles. The molecule has 1 fully saturated rings. The number of nitrogens with one attached hydrogen (secondary N) is 2. The Labute approximate surface area is 168 Å². The van der Waals surface area contributed by atoms with Gasteiger partial charge in [0.15, 0.2) is 0 Å². The maximum Gasteiger partial charge on any atom is 0.416 e. The molecule has 1 atom stereocenters. The Morgan fingerprint density at radius 1 is 1.31 bits per heavy atom. The van der Waals surface area contributed by atoms with Gasteiger partial charge < -0.3 is 10.2 Å². The second-order valence-electron chi connectivity index (χ2n) is 7.61. The fourth-order valence-electron chi connectivity index (χ4n) is 3.93. The summed E-state index contributed by atoms with van der Waals surface area (Å²) in [6.07, 6.45) is -1.39. The van der Waals surface area contributed by atoms with Crippen molar-refractivity contribution in [2.24, 2.45) is 0 Å². The van der Waals surface area contributed by atoms with Crippen molar-refractivity contribution in [3.05, 3.63) is 52.3 Å². The third kappa shape index (κ3) is 5.38. The van der Waals surface area contributed by atoms with Gasteiger partial charge in [-0.1, -0.05) is 18.2 Å². The predicted molar refractivity (Wildman–Crippen MR) is 104 cm³/mol. The maximum atomic E-state index is 12.8. The van der Waals surface area contributed by atoms with E-state index in [2.05, 4.69) is 15.5 Å². The Balaban J connectivity index is 1.48. The molecule has 29 heavy (non-hydrogen) atoms. The first-order valence-corrected chi connectivity index (χ1v) is 9.92. The molecule has 158 valence electrons. The van der Waals surface area contributed by atoms with E-state index in [1.54, 1.807) is 6.07 Å². The van der Waals surface area contributed by atoms with Crippen LogP contribution in [0.25, 0.3) is 0 Å². The van der Waals surface area contributed by atoms with Gasteiger partial charge >= 0.3 is 6.18 Å². The third-order valence-electron chi connectivity index (χ3n) is 5.57. The van der Waals surface area contributed by atoms with E-state index >= 15 is 0 Å². The van der Waals surface area contributed by atoms with Crippen molar-refractivity contribution in [3.8, 4) is 0 Å². The molecule has 1 unspecified atom stereocenters. The summed E-state index contributed by atoms with van der Waals surface area (Å²) >= 11 is 0. The smallest absolute Gasteiger partial charge is 0.339 e. The van der Waals surface area contributed by atoms with E-state index in [0.717, 1.165) is 42.3 Å². The summed E-state index contributed by atoms with van der Waals surface area (Å²) in [4.78, 5) is 14.2. The van der Waals surface area contributed by atoms with Crippen molar-refractivity contribution in [1.29, 1.82) is 0 Å². The number of nitrogens with zero attached hydrogens (tertiary/aromatic N) is 2. The van der Waals surface area contributed by atoms with Gasteiger partial charge in [0.25, 0.3) is 0 Å². The van der Waals surface area contributed by atoms with Crippen molar-refractivity contribution in [2.45, 2.75) is 58.3 Å². The van der Waals surface area contributed by atoms with E-state index in [-0.39, 0.29) is 11.9 Å². The Hall–Kier alpha value is -2.35. The van der Waals surface area contributed by atoms with Gasteiger partial charge in [0.1, 0.15) is 0 Å². The zero-order chi connectivity index (χ0) is 21.0. The molecule has 0 radical (unpaired) electrons. The number of H-pyrrole nitrogens is 1. The number of amides is 1. The molecule has 1 aliphatic rings. The van der Waals surface area contributed by atoms with Crippen LogP contribution < -0.4 is 5.32 Å². The first-order valence-electron chi connectivity index (χ1n) is 9.92. The SMILES string of the molecule is Cc1n[nH]c(C)c1CCN1C(=O)CCC1CCNCc1cccc(C(F)(F)F)c1. The number of likely N-dealkylation sites (tertiary alicyclic amines) is 1. The number of carbonyl (C=O) groups excluding carboxylic acids is 1. The number of alkyl halides is 3. The third-order valence-corrected chi connectivity index (χ3v) is 5.57. The summed E-state index contributed by atoms with van der Waals surface area (Å²) in [6.45, 7) is 5.63. The van der Waals surface area contributed by atoms with Crippen molar-refractivity contribution < 1.29 is 18.0 Å². The second kappa shape index (κ2) is 8.98. The Bertz CT molecular complexity index is 827. The summed E-state index contributed by atoms with van der Waals surface area (Å²) < 4.78 is 38.4. The number of aromatic amines is 1. The van der Waals surface area contributed by atoms with Gasteiger partial charge in [-0.05, 0) is 56.8 Å². The Morgan fingerprint density at radius 3 is 2.79 bits per heavy atom. The molecular weight excluding hydrogens is 381 g/mol. The lowest BCUT2D eigenvalue weighted by molar-refractivity contribution is -0.137. The van der Waals surface area contributed by atoms with Crippen LogP contribution in [-0.2, 0) is 23.9 Å². The van der Waals surface area contributed by atoms with E-state index in [1.807, 2.05) is 18.7 Å². The van der Waals surface area contributed by atoms with Crippen LogP contribution in [0.15, 0.2) is 24.3 Å². The number of hydrogen-bond acceptors (Lipinski definition) is 3. The molecule has 2 N–H and O–H groups in total. The molecule has 1 aromatic heterocycles. The Morgan fingerprint density at radius 2 is 2.10 bits per heavy atom. The number of carbonyl (C=O) groups is 1. The average Bonchev–Trinajstić information content (AvgIpc) is 3.18. The minimum atomic E-state index is -4.33. The average molecular weight is 408 g/mol. The molecule has 0 bridgehead atoms. The lowest BCUT2D eigenvalue weighted by Crippen LogP contribution is -2.36. The number of hydrogen-bond donors (Lipinski definition) is 2. The molecule has 2 aromatic rings. The fraction of sp³-hybridized carbons (Fsp3) is 0.524. The van der Waals surface area contributed by atoms with Crippen molar-refractivity contribution in [2.75, 3.05) is 13.1 Å². The quantitative estimate of drug-likeness (QED) is 0.654. The highest BCUT2D eigenvalue weighted by Crippen LogP contribution is 2.29. The Kier molecular flexibility index (Phi) is 6.62. The largest absolute Gasteiger partial charge is 0.416 e. The van der Waals surface area contributed by atoms with Gasteiger partial charge in [-0.25, -0.2) is 0 Å². The van der Waals surface area contributed by atoms with Gasteiger partial charge in [-0.3, -0.25) is 9.89 Å².